The van der Waals surface area contributed by atoms with Crippen LogP contribution in [0.4, 0.5) is 5.82 Å². The van der Waals surface area contributed by atoms with Crippen molar-refractivity contribution in [3.8, 4) is 5.75 Å². The molecule has 0 unspecified atom stereocenters. The summed E-state index contributed by atoms with van der Waals surface area (Å²) >= 11 is 6.13. The van der Waals surface area contributed by atoms with Gasteiger partial charge < -0.3 is 4.74 Å². The lowest BCUT2D eigenvalue weighted by Gasteiger charge is -2.15. The van der Waals surface area contributed by atoms with Gasteiger partial charge in [0.2, 0.25) is 5.91 Å². The Labute approximate surface area is 122 Å². The van der Waals surface area contributed by atoms with Crippen LogP contribution in [0.25, 0.3) is 10.9 Å². The van der Waals surface area contributed by atoms with Gasteiger partial charge in [-0.05, 0) is 30.2 Å². The summed E-state index contributed by atoms with van der Waals surface area (Å²) < 4.78 is 5.22. The topological polar surface area (TPSA) is 42.4 Å². The smallest absolute Gasteiger partial charge is 0.227 e. The van der Waals surface area contributed by atoms with Crippen LogP contribution in [-0.2, 0) is 11.2 Å². The average Bonchev–Trinajstić information content (AvgIpc) is 2.86. The molecule has 0 saturated carbocycles. The summed E-state index contributed by atoms with van der Waals surface area (Å²) in [5.41, 5.74) is 1.88. The Morgan fingerprint density at radius 1 is 1.45 bits per heavy atom. The molecule has 0 bridgehead atoms. The maximum atomic E-state index is 11.9. The van der Waals surface area contributed by atoms with E-state index >= 15 is 0 Å². The number of methoxy groups -OCH3 is 1. The molecule has 0 saturated heterocycles. The zero-order chi connectivity index (χ0) is 14.3. The molecule has 5 heteroatoms. The van der Waals surface area contributed by atoms with Crippen molar-refractivity contribution in [2.45, 2.75) is 19.8 Å². The number of carbonyl (C=O) groups excluding carboxylic acids is 1. The van der Waals surface area contributed by atoms with Gasteiger partial charge >= 0.3 is 0 Å². The first-order chi connectivity index (χ1) is 9.63. The van der Waals surface area contributed by atoms with E-state index in [4.69, 9.17) is 16.3 Å². The summed E-state index contributed by atoms with van der Waals surface area (Å²) in [5.74, 6) is 1.51. The number of hydrogen-bond acceptors (Lipinski definition) is 3. The number of benzene rings is 1. The zero-order valence-corrected chi connectivity index (χ0v) is 12.2. The Hall–Kier alpha value is -1.81. The Bertz CT molecular complexity index is 700. The first kappa shape index (κ1) is 13.2. The fourth-order valence-electron chi connectivity index (χ4n) is 2.56. The predicted molar refractivity (Wildman–Crippen MR) is 79.7 cm³/mol. The van der Waals surface area contributed by atoms with Crippen molar-refractivity contribution in [2.75, 3.05) is 18.6 Å². The Morgan fingerprint density at radius 2 is 2.25 bits per heavy atom. The minimum Gasteiger partial charge on any atom is -0.495 e. The second-order valence-corrected chi connectivity index (χ2v) is 5.21. The van der Waals surface area contributed by atoms with Crippen LogP contribution in [0.1, 0.15) is 18.9 Å². The number of halogens is 1. The highest BCUT2D eigenvalue weighted by Crippen LogP contribution is 2.34. The van der Waals surface area contributed by atoms with E-state index in [1.165, 1.54) is 0 Å². The van der Waals surface area contributed by atoms with E-state index in [0.717, 1.165) is 28.7 Å². The van der Waals surface area contributed by atoms with E-state index in [-0.39, 0.29) is 5.91 Å². The van der Waals surface area contributed by atoms with Gasteiger partial charge in [0.15, 0.2) is 0 Å². The van der Waals surface area contributed by atoms with Gasteiger partial charge in [-0.1, -0.05) is 18.5 Å². The molecule has 1 aliphatic rings. The molecule has 0 radical (unpaired) electrons. The molecule has 0 fully saturated rings. The monoisotopic (exact) mass is 290 g/mol. The van der Waals surface area contributed by atoms with Crippen LogP contribution in [-0.4, -0.2) is 24.5 Å². The molecule has 1 aliphatic heterocycles. The van der Waals surface area contributed by atoms with Crippen LogP contribution in [0.5, 0.6) is 5.75 Å². The molecule has 3 rings (SSSR count). The van der Waals surface area contributed by atoms with Crippen molar-refractivity contribution < 1.29 is 9.53 Å². The van der Waals surface area contributed by atoms with Crippen LogP contribution in [0.15, 0.2) is 18.2 Å². The molecular weight excluding hydrogens is 276 g/mol. The molecule has 104 valence electrons. The highest BCUT2D eigenvalue weighted by molar-refractivity contribution is 6.32. The van der Waals surface area contributed by atoms with E-state index in [2.05, 4.69) is 11.1 Å². The number of rotatable bonds is 2. The van der Waals surface area contributed by atoms with Crippen LogP contribution < -0.4 is 9.64 Å². The molecule has 0 N–H and O–H groups in total. The summed E-state index contributed by atoms with van der Waals surface area (Å²) in [7, 11) is 1.59. The first-order valence-electron chi connectivity index (χ1n) is 6.61. The Kier molecular flexibility index (Phi) is 3.26. The van der Waals surface area contributed by atoms with Crippen molar-refractivity contribution in [3.63, 3.8) is 0 Å². The van der Waals surface area contributed by atoms with Gasteiger partial charge in [-0.3, -0.25) is 9.69 Å². The summed E-state index contributed by atoms with van der Waals surface area (Å²) in [5, 5.41) is 1.51. The van der Waals surface area contributed by atoms with Crippen molar-refractivity contribution >= 4 is 34.2 Å². The number of anilines is 1. The third-order valence-corrected chi connectivity index (χ3v) is 3.90. The van der Waals surface area contributed by atoms with Gasteiger partial charge in [0.1, 0.15) is 11.6 Å². The SMILES string of the molecule is CCC(=O)N1CCc2cc3cc(OC)c(Cl)cc3nc21. The fraction of sp³-hybridized carbons (Fsp3) is 0.333. The van der Waals surface area contributed by atoms with Gasteiger partial charge in [-0.2, -0.15) is 0 Å². The molecule has 20 heavy (non-hydrogen) atoms. The van der Waals surface area contributed by atoms with E-state index in [9.17, 15) is 4.79 Å². The predicted octanol–water partition coefficient (Wildman–Crippen LogP) is 3.20. The Balaban J connectivity index is 2.15. The summed E-state index contributed by atoms with van der Waals surface area (Å²) in [6.07, 6.45) is 1.33. The van der Waals surface area contributed by atoms with Crippen LogP contribution >= 0.6 is 11.6 Å². The number of fused-ring (bicyclic) bond motifs is 2. The van der Waals surface area contributed by atoms with E-state index in [1.807, 2.05) is 13.0 Å². The third kappa shape index (κ3) is 2.00. The van der Waals surface area contributed by atoms with Gasteiger partial charge in [0, 0.05) is 18.4 Å². The van der Waals surface area contributed by atoms with Gasteiger partial charge in [-0.25, -0.2) is 4.98 Å². The van der Waals surface area contributed by atoms with Crippen LogP contribution in [0.2, 0.25) is 5.02 Å². The molecule has 1 aromatic carbocycles. The van der Waals surface area contributed by atoms with Crippen molar-refractivity contribution in [1.29, 1.82) is 0 Å². The molecule has 2 heterocycles. The largest absolute Gasteiger partial charge is 0.495 e. The van der Waals surface area contributed by atoms with Gasteiger partial charge in [0.05, 0.1) is 17.6 Å². The minimum absolute atomic E-state index is 0.107. The molecule has 1 aromatic heterocycles. The van der Waals surface area contributed by atoms with Crippen LogP contribution in [0.3, 0.4) is 0 Å². The zero-order valence-electron chi connectivity index (χ0n) is 11.4. The van der Waals surface area contributed by atoms with E-state index in [0.29, 0.717) is 23.7 Å². The average molecular weight is 291 g/mol. The summed E-state index contributed by atoms with van der Waals surface area (Å²) in [6.45, 7) is 2.57. The second-order valence-electron chi connectivity index (χ2n) is 4.80. The van der Waals surface area contributed by atoms with E-state index < -0.39 is 0 Å². The number of aromatic nitrogens is 1. The lowest BCUT2D eigenvalue weighted by Crippen LogP contribution is -2.28. The highest BCUT2D eigenvalue weighted by Gasteiger charge is 2.25. The Morgan fingerprint density at radius 3 is 2.95 bits per heavy atom. The number of pyridine rings is 1. The molecule has 1 amide bonds. The number of ether oxygens (including phenoxy) is 1. The quantitative estimate of drug-likeness (QED) is 0.853. The van der Waals surface area contributed by atoms with Crippen molar-refractivity contribution in [3.05, 3.63) is 28.8 Å². The normalized spacial score (nSPS) is 13.7. The number of amides is 1. The first-order valence-corrected chi connectivity index (χ1v) is 6.99. The minimum atomic E-state index is 0.107. The third-order valence-electron chi connectivity index (χ3n) is 3.61. The molecule has 4 nitrogen and oxygen atoms in total. The fourth-order valence-corrected chi connectivity index (χ4v) is 2.79. The number of carbonyl (C=O) groups is 1. The van der Waals surface area contributed by atoms with Gasteiger partial charge in [0.25, 0.3) is 0 Å². The molecule has 0 aliphatic carbocycles. The molecule has 0 spiro atoms. The number of nitrogens with zero attached hydrogens (tertiary/aromatic N) is 2. The standard InChI is InChI=1S/C15H15ClN2O2/c1-3-14(19)18-5-4-9-6-10-7-13(20-2)11(16)8-12(10)17-15(9)18/h6-8H,3-5H2,1-2H3. The summed E-state index contributed by atoms with van der Waals surface area (Å²) in [4.78, 5) is 18.3. The lowest BCUT2D eigenvalue weighted by atomic mass is 10.1. The molecular formula is C15H15ClN2O2. The maximum absolute atomic E-state index is 11.9. The van der Waals surface area contributed by atoms with Gasteiger partial charge in [-0.15, -0.1) is 0 Å². The molecule has 0 atom stereocenters. The number of hydrogen-bond donors (Lipinski definition) is 0. The molecule has 2 aromatic rings. The maximum Gasteiger partial charge on any atom is 0.227 e. The van der Waals surface area contributed by atoms with E-state index in [1.54, 1.807) is 18.1 Å². The lowest BCUT2D eigenvalue weighted by molar-refractivity contribution is -0.118. The van der Waals surface area contributed by atoms with Crippen molar-refractivity contribution in [1.82, 2.24) is 4.98 Å². The van der Waals surface area contributed by atoms with Crippen LogP contribution in [0, 0.1) is 0 Å². The second kappa shape index (κ2) is 4.94. The highest BCUT2D eigenvalue weighted by atomic mass is 35.5. The summed E-state index contributed by atoms with van der Waals surface area (Å²) in [6, 6.07) is 5.73. The van der Waals surface area contributed by atoms with Crippen molar-refractivity contribution in [2.24, 2.45) is 0 Å².